The summed E-state index contributed by atoms with van der Waals surface area (Å²) >= 11 is 0. The minimum atomic E-state index is 0.451. The van der Waals surface area contributed by atoms with Crippen LogP contribution < -0.4 is 5.73 Å². The molecule has 0 spiro atoms. The van der Waals surface area contributed by atoms with Crippen LogP contribution in [0.25, 0.3) is 0 Å². The van der Waals surface area contributed by atoms with Gasteiger partial charge in [0.05, 0.1) is 0 Å². The molecule has 3 unspecified atom stereocenters. The number of hydrogen-bond acceptors (Lipinski definition) is 3. The molecule has 1 heterocycles. The first-order valence-electron chi connectivity index (χ1n) is 9.28. The van der Waals surface area contributed by atoms with Gasteiger partial charge in [-0.3, -0.25) is 0 Å². The van der Waals surface area contributed by atoms with Crippen LogP contribution >= 0.6 is 0 Å². The molecule has 0 aromatic heterocycles. The topological polar surface area (TPSA) is 32.5 Å². The molecule has 0 aromatic rings. The fraction of sp³-hybridized carbons (Fsp3) is 1.00. The van der Waals surface area contributed by atoms with Crippen molar-refractivity contribution in [3.8, 4) is 0 Å². The number of nitrogens with two attached hydrogens (primary N) is 1. The second kappa shape index (κ2) is 8.50. The molecular weight excluding hydrogens is 258 g/mol. The van der Waals surface area contributed by atoms with Crippen molar-refractivity contribution in [3.05, 3.63) is 0 Å². The van der Waals surface area contributed by atoms with Crippen LogP contribution in [-0.2, 0) is 0 Å². The standard InChI is InChI=1S/C18H37N3/c1-4-5-16-6-7-18(19)17(12-16)14-21-10-8-20(9-11-21)13-15(2)3/h15-18H,4-14,19H2,1-3H3. The summed E-state index contributed by atoms with van der Waals surface area (Å²) in [6, 6.07) is 0.451. The molecule has 1 saturated heterocycles. The SMILES string of the molecule is CCCC1CCC(N)C(CN2CCN(CC(C)C)CC2)C1. The Morgan fingerprint density at radius 2 is 1.71 bits per heavy atom. The normalized spacial score (nSPS) is 32.7. The first kappa shape index (κ1) is 17.2. The Morgan fingerprint density at radius 1 is 1.05 bits per heavy atom. The highest BCUT2D eigenvalue weighted by atomic mass is 15.3. The van der Waals surface area contributed by atoms with Crippen LogP contribution in [0, 0.1) is 17.8 Å². The van der Waals surface area contributed by atoms with E-state index in [1.807, 2.05) is 0 Å². The predicted octanol–water partition coefficient (Wildman–Crippen LogP) is 2.80. The quantitative estimate of drug-likeness (QED) is 0.818. The zero-order chi connectivity index (χ0) is 15.2. The minimum absolute atomic E-state index is 0.451. The molecule has 1 aliphatic heterocycles. The first-order valence-corrected chi connectivity index (χ1v) is 9.28. The van der Waals surface area contributed by atoms with Crippen LogP contribution in [0.1, 0.15) is 52.9 Å². The molecule has 2 fully saturated rings. The Labute approximate surface area is 132 Å². The molecule has 2 aliphatic rings. The van der Waals surface area contributed by atoms with Gasteiger partial charge in [0.2, 0.25) is 0 Å². The van der Waals surface area contributed by atoms with Crippen LogP contribution in [0.5, 0.6) is 0 Å². The van der Waals surface area contributed by atoms with Crippen LogP contribution in [0.2, 0.25) is 0 Å². The molecule has 2 rings (SSSR count). The molecule has 1 saturated carbocycles. The van der Waals surface area contributed by atoms with Crippen molar-refractivity contribution in [2.75, 3.05) is 39.3 Å². The van der Waals surface area contributed by atoms with Gasteiger partial charge in [0.15, 0.2) is 0 Å². The number of piperazine rings is 1. The Morgan fingerprint density at radius 3 is 2.33 bits per heavy atom. The molecule has 2 N–H and O–H groups in total. The van der Waals surface area contributed by atoms with E-state index in [-0.39, 0.29) is 0 Å². The van der Waals surface area contributed by atoms with Gasteiger partial charge in [0.25, 0.3) is 0 Å². The van der Waals surface area contributed by atoms with E-state index in [0.717, 1.165) is 17.8 Å². The van der Waals surface area contributed by atoms with Gasteiger partial charge < -0.3 is 15.5 Å². The van der Waals surface area contributed by atoms with E-state index in [0.29, 0.717) is 6.04 Å². The van der Waals surface area contributed by atoms with Crippen molar-refractivity contribution in [1.29, 1.82) is 0 Å². The summed E-state index contributed by atoms with van der Waals surface area (Å²) in [5.41, 5.74) is 6.41. The molecule has 1 aliphatic carbocycles. The molecular formula is C18H37N3. The maximum Gasteiger partial charge on any atom is 0.0110 e. The summed E-state index contributed by atoms with van der Waals surface area (Å²) in [4.78, 5) is 5.30. The molecule has 3 atom stereocenters. The van der Waals surface area contributed by atoms with E-state index in [1.54, 1.807) is 0 Å². The zero-order valence-electron chi connectivity index (χ0n) is 14.6. The first-order chi connectivity index (χ1) is 10.1. The van der Waals surface area contributed by atoms with Crippen molar-refractivity contribution in [1.82, 2.24) is 9.80 Å². The van der Waals surface area contributed by atoms with Gasteiger partial charge in [0, 0.05) is 45.3 Å². The van der Waals surface area contributed by atoms with Crippen molar-refractivity contribution in [2.24, 2.45) is 23.5 Å². The fourth-order valence-electron chi connectivity index (χ4n) is 4.27. The average molecular weight is 296 g/mol. The molecule has 0 bridgehead atoms. The number of nitrogens with zero attached hydrogens (tertiary/aromatic N) is 2. The molecule has 3 heteroatoms. The molecule has 124 valence electrons. The maximum absolute atomic E-state index is 6.41. The van der Waals surface area contributed by atoms with E-state index in [4.69, 9.17) is 5.73 Å². The van der Waals surface area contributed by atoms with Crippen LogP contribution in [0.15, 0.2) is 0 Å². The van der Waals surface area contributed by atoms with E-state index >= 15 is 0 Å². The highest BCUT2D eigenvalue weighted by Crippen LogP contribution is 2.32. The monoisotopic (exact) mass is 295 g/mol. The lowest BCUT2D eigenvalue weighted by Crippen LogP contribution is -2.51. The van der Waals surface area contributed by atoms with Crippen molar-refractivity contribution in [3.63, 3.8) is 0 Å². The van der Waals surface area contributed by atoms with Gasteiger partial charge in [-0.05, 0) is 37.0 Å². The Bertz CT molecular complexity index is 284. The van der Waals surface area contributed by atoms with Gasteiger partial charge >= 0.3 is 0 Å². The highest BCUT2D eigenvalue weighted by molar-refractivity contribution is 4.85. The molecule has 3 nitrogen and oxygen atoms in total. The highest BCUT2D eigenvalue weighted by Gasteiger charge is 2.30. The Hall–Kier alpha value is -0.120. The van der Waals surface area contributed by atoms with E-state index in [9.17, 15) is 0 Å². The summed E-state index contributed by atoms with van der Waals surface area (Å²) in [6.45, 7) is 14.5. The van der Waals surface area contributed by atoms with Gasteiger partial charge in [-0.2, -0.15) is 0 Å². The summed E-state index contributed by atoms with van der Waals surface area (Å²) < 4.78 is 0. The van der Waals surface area contributed by atoms with Crippen LogP contribution in [0.4, 0.5) is 0 Å². The lowest BCUT2D eigenvalue weighted by atomic mass is 9.76. The summed E-state index contributed by atoms with van der Waals surface area (Å²) in [5, 5.41) is 0. The average Bonchev–Trinajstić information content (AvgIpc) is 2.44. The van der Waals surface area contributed by atoms with Gasteiger partial charge in [-0.1, -0.05) is 33.6 Å². The summed E-state index contributed by atoms with van der Waals surface area (Å²) in [5.74, 6) is 2.48. The van der Waals surface area contributed by atoms with Gasteiger partial charge in [0.1, 0.15) is 0 Å². The molecule has 21 heavy (non-hydrogen) atoms. The van der Waals surface area contributed by atoms with E-state index in [2.05, 4.69) is 30.6 Å². The van der Waals surface area contributed by atoms with Crippen LogP contribution in [-0.4, -0.2) is 55.1 Å². The third-order valence-corrected chi connectivity index (χ3v) is 5.43. The van der Waals surface area contributed by atoms with Gasteiger partial charge in [-0.15, -0.1) is 0 Å². The number of hydrogen-bond donors (Lipinski definition) is 1. The van der Waals surface area contributed by atoms with Gasteiger partial charge in [-0.25, -0.2) is 0 Å². The van der Waals surface area contributed by atoms with Crippen molar-refractivity contribution < 1.29 is 0 Å². The van der Waals surface area contributed by atoms with Crippen LogP contribution in [0.3, 0.4) is 0 Å². The number of rotatable bonds is 6. The Balaban J connectivity index is 1.74. The van der Waals surface area contributed by atoms with E-state index < -0.39 is 0 Å². The summed E-state index contributed by atoms with van der Waals surface area (Å²) in [7, 11) is 0. The molecule has 0 radical (unpaired) electrons. The lowest BCUT2D eigenvalue weighted by Gasteiger charge is -2.41. The minimum Gasteiger partial charge on any atom is -0.327 e. The maximum atomic E-state index is 6.41. The zero-order valence-corrected chi connectivity index (χ0v) is 14.6. The Kier molecular flexibility index (Phi) is 6.97. The van der Waals surface area contributed by atoms with E-state index in [1.165, 1.54) is 71.4 Å². The second-order valence-electron chi connectivity index (χ2n) is 7.89. The third-order valence-electron chi connectivity index (χ3n) is 5.43. The molecule has 0 amide bonds. The predicted molar refractivity (Wildman–Crippen MR) is 91.4 cm³/mol. The fourth-order valence-corrected chi connectivity index (χ4v) is 4.27. The molecule has 0 aromatic carbocycles. The largest absolute Gasteiger partial charge is 0.327 e. The smallest absolute Gasteiger partial charge is 0.0110 e. The second-order valence-corrected chi connectivity index (χ2v) is 7.89. The summed E-state index contributed by atoms with van der Waals surface area (Å²) in [6.07, 6.45) is 6.74. The van der Waals surface area contributed by atoms with Crippen molar-refractivity contribution >= 4 is 0 Å². The van der Waals surface area contributed by atoms with Crippen molar-refractivity contribution in [2.45, 2.75) is 58.9 Å². The third kappa shape index (κ3) is 5.54. The lowest BCUT2D eigenvalue weighted by molar-refractivity contribution is 0.0887.